The van der Waals surface area contributed by atoms with Crippen LogP contribution in [0.15, 0.2) is 40.8 Å². The van der Waals surface area contributed by atoms with Crippen LogP contribution in [0.3, 0.4) is 0 Å². The highest BCUT2D eigenvalue weighted by atomic mass is 32.1. The minimum absolute atomic E-state index is 0.179. The standard InChI is InChI=1S/C23H18FN5O5S/c1-2-25-23(33)28-18-7-12(21-27-17(24)10-35-21)14(8-26-18)11-5-13-19-16(6-11)34-4-3-29(19)9-15(20(13)30)22(31)32/h5-10H,2-4H2,1H3,(H,31,32)(H2,25,26,28,33). The minimum Gasteiger partial charge on any atom is -0.489 e. The van der Waals surface area contributed by atoms with Gasteiger partial charge in [-0.05, 0) is 30.7 Å². The summed E-state index contributed by atoms with van der Waals surface area (Å²) >= 11 is 1.07. The molecule has 3 aromatic heterocycles. The monoisotopic (exact) mass is 495 g/mol. The number of nitrogens with zero attached hydrogens (tertiary/aromatic N) is 3. The molecular formula is C23H18FN5O5S. The Hall–Kier alpha value is -4.32. The normalized spacial score (nSPS) is 12.3. The van der Waals surface area contributed by atoms with Crippen molar-refractivity contribution in [3.05, 3.63) is 57.7 Å². The molecule has 0 bridgehead atoms. The topological polar surface area (TPSA) is 135 Å². The molecule has 10 nitrogen and oxygen atoms in total. The summed E-state index contributed by atoms with van der Waals surface area (Å²) in [7, 11) is 0. The molecular weight excluding hydrogens is 477 g/mol. The van der Waals surface area contributed by atoms with E-state index in [1.54, 1.807) is 29.7 Å². The zero-order valence-corrected chi connectivity index (χ0v) is 19.1. The number of aromatic carboxylic acids is 1. The maximum absolute atomic E-state index is 13.8. The molecule has 0 aliphatic carbocycles. The largest absolute Gasteiger partial charge is 0.489 e. The number of hydrogen-bond acceptors (Lipinski definition) is 7. The Balaban J connectivity index is 1.73. The number of amides is 2. The van der Waals surface area contributed by atoms with Crippen molar-refractivity contribution in [2.45, 2.75) is 13.5 Å². The number of rotatable bonds is 5. The summed E-state index contributed by atoms with van der Waals surface area (Å²) in [5.74, 6) is -1.34. The number of aromatic nitrogens is 3. The molecule has 1 aliphatic rings. The van der Waals surface area contributed by atoms with E-state index in [0.717, 1.165) is 11.3 Å². The highest BCUT2D eigenvalue weighted by Gasteiger charge is 2.23. The van der Waals surface area contributed by atoms with Crippen LogP contribution < -0.4 is 20.8 Å². The molecule has 12 heteroatoms. The van der Waals surface area contributed by atoms with Gasteiger partial charge in [-0.1, -0.05) is 0 Å². The number of carbonyl (C=O) groups is 2. The van der Waals surface area contributed by atoms with E-state index in [2.05, 4.69) is 20.6 Å². The molecule has 178 valence electrons. The van der Waals surface area contributed by atoms with Crippen LogP contribution in [0, 0.1) is 5.95 Å². The number of urea groups is 1. The third-order valence-electron chi connectivity index (χ3n) is 5.46. The molecule has 35 heavy (non-hydrogen) atoms. The second-order valence-corrected chi connectivity index (χ2v) is 8.52. The zero-order valence-electron chi connectivity index (χ0n) is 18.3. The summed E-state index contributed by atoms with van der Waals surface area (Å²) in [4.78, 5) is 44.9. The van der Waals surface area contributed by atoms with Gasteiger partial charge in [0.05, 0.1) is 17.4 Å². The number of pyridine rings is 2. The summed E-state index contributed by atoms with van der Waals surface area (Å²) in [6.07, 6.45) is 2.80. The van der Waals surface area contributed by atoms with Crippen molar-refractivity contribution in [1.82, 2.24) is 19.9 Å². The fraction of sp³-hybridized carbons (Fsp3) is 0.174. The van der Waals surface area contributed by atoms with Crippen molar-refractivity contribution >= 4 is 40.1 Å². The van der Waals surface area contributed by atoms with Crippen LogP contribution in [-0.4, -0.2) is 44.8 Å². The molecule has 0 unspecified atom stereocenters. The number of carboxylic acids is 1. The molecule has 0 atom stereocenters. The summed E-state index contributed by atoms with van der Waals surface area (Å²) in [5, 5.41) is 16.5. The fourth-order valence-corrected chi connectivity index (χ4v) is 4.68. The number of anilines is 1. The molecule has 5 rings (SSSR count). The summed E-state index contributed by atoms with van der Waals surface area (Å²) < 4.78 is 21.3. The second kappa shape index (κ2) is 8.80. The van der Waals surface area contributed by atoms with E-state index >= 15 is 0 Å². The van der Waals surface area contributed by atoms with Gasteiger partial charge >= 0.3 is 12.0 Å². The number of hydrogen-bond donors (Lipinski definition) is 3. The highest BCUT2D eigenvalue weighted by molar-refractivity contribution is 7.13. The van der Waals surface area contributed by atoms with Gasteiger partial charge < -0.3 is 19.7 Å². The second-order valence-electron chi connectivity index (χ2n) is 7.66. The molecule has 4 heterocycles. The van der Waals surface area contributed by atoms with Gasteiger partial charge in [-0.15, -0.1) is 11.3 Å². The number of halogens is 1. The molecule has 4 aromatic rings. The fourth-order valence-electron chi connectivity index (χ4n) is 3.98. The molecule has 0 radical (unpaired) electrons. The lowest BCUT2D eigenvalue weighted by Gasteiger charge is -2.22. The van der Waals surface area contributed by atoms with Crippen LogP contribution in [-0.2, 0) is 6.54 Å². The third-order valence-corrected chi connectivity index (χ3v) is 6.30. The minimum atomic E-state index is -1.32. The Labute approximate surface area is 201 Å². The van der Waals surface area contributed by atoms with E-state index in [9.17, 15) is 23.9 Å². The van der Waals surface area contributed by atoms with Gasteiger partial charge in [0.25, 0.3) is 0 Å². The van der Waals surface area contributed by atoms with Crippen molar-refractivity contribution < 1.29 is 23.8 Å². The predicted molar refractivity (Wildman–Crippen MR) is 128 cm³/mol. The molecule has 0 saturated heterocycles. The molecule has 0 fully saturated rings. The van der Waals surface area contributed by atoms with E-state index in [4.69, 9.17) is 4.74 Å². The lowest BCUT2D eigenvalue weighted by atomic mass is 9.98. The smallest absolute Gasteiger partial charge is 0.341 e. The Bertz CT molecular complexity index is 1560. The first-order valence-electron chi connectivity index (χ1n) is 10.6. The first kappa shape index (κ1) is 22.5. The molecule has 2 amide bonds. The van der Waals surface area contributed by atoms with E-state index in [1.807, 2.05) is 0 Å². The Morgan fingerprint density at radius 1 is 1.29 bits per heavy atom. The van der Waals surface area contributed by atoms with Crippen LogP contribution in [0.25, 0.3) is 32.6 Å². The molecule has 0 spiro atoms. The van der Waals surface area contributed by atoms with Gasteiger partial charge in [0.1, 0.15) is 28.7 Å². The lowest BCUT2D eigenvalue weighted by molar-refractivity contribution is 0.0694. The van der Waals surface area contributed by atoms with E-state index in [0.29, 0.717) is 52.7 Å². The Morgan fingerprint density at radius 3 is 2.83 bits per heavy atom. The number of thiazole rings is 1. The van der Waals surface area contributed by atoms with Gasteiger partial charge in [0.2, 0.25) is 11.4 Å². The number of ether oxygens (including phenoxy) is 1. The first-order valence-corrected chi connectivity index (χ1v) is 11.5. The van der Waals surface area contributed by atoms with Crippen molar-refractivity contribution in [3.8, 4) is 27.4 Å². The Morgan fingerprint density at radius 2 is 2.11 bits per heavy atom. The van der Waals surface area contributed by atoms with Crippen molar-refractivity contribution in [2.75, 3.05) is 18.5 Å². The van der Waals surface area contributed by atoms with Crippen LogP contribution in [0.1, 0.15) is 17.3 Å². The summed E-state index contributed by atoms with van der Waals surface area (Å²) in [5.41, 5.74) is 0.992. The molecule has 0 saturated carbocycles. The maximum atomic E-state index is 13.8. The summed E-state index contributed by atoms with van der Waals surface area (Å²) in [6, 6.07) is 4.40. The van der Waals surface area contributed by atoms with Gasteiger partial charge in [0, 0.05) is 35.4 Å². The summed E-state index contributed by atoms with van der Waals surface area (Å²) in [6.45, 7) is 2.89. The van der Waals surface area contributed by atoms with E-state index in [-0.39, 0.29) is 16.8 Å². The van der Waals surface area contributed by atoms with Gasteiger partial charge in [-0.3, -0.25) is 10.1 Å². The average Bonchev–Trinajstić information content (AvgIpc) is 3.27. The SMILES string of the molecule is CCNC(=O)Nc1cc(-c2nc(F)cs2)c(-c2cc3c4c(c2)c(=O)c(C(=O)O)cn4CCO3)cn1. The van der Waals surface area contributed by atoms with E-state index < -0.39 is 23.4 Å². The van der Waals surface area contributed by atoms with Gasteiger partial charge in [-0.2, -0.15) is 4.39 Å². The number of carboxylic acid groups (broad SMARTS) is 1. The number of nitrogens with one attached hydrogen (secondary N) is 2. The van der Waals surface area contributed by atoms with Crippen molar-refractivity contribution in [1.29, 1.82) is 0 Å². The number of benzene rings is 1. The van der Waals surface area contributed by atoms with Crippen LogP contribution in [0.2, 0.25) is 0 Å². The molecule has 3 N–H and O–H groups in total. The average molecular weight is 495 g/mol. The van der Waals surface area contributed by atoms with E-state index in [1.165, 1.54) is 17.8 Å². The van der Waals surface area contributed by atoms with Crippen LogP contribution >= 0.6 is 11.3 Å². The van der Waals surface area contributed by atoms with Gasteiger partial charge in [-0.25, -0.2) is 19.6 Å². The van der Waals surface area contributed by atoms with Crippen molar-refractivity contribution in [2.24, 2.45) is 0 Å². The molecule has 1 aliphatic heterocycles. The molecule has 1 aromatic carbocycles. The Kier molecular flexibility index (Phi) is 5.65. The maximum Gasteiger partial charge on any atom is 0.341 e. The number of carbonyl (C=O) groups excluding carboxylic acids is 1. The van der Waals surface area contributed by atoms with Crippen LogP contribution in [0.5, 0.6) is 5.75 Å². The zero-order chi connectivity index (χ0) is 24.7. The van der Waals surface area contributed by atoms with Crippen LogP contribution in [0.4, 0.5) is 15.0 Å². The van der Waals surface area contributed by atoms with Gasteiger partial charge in [0.15, 0.2) is 0 Å². The quantitative estimate of drug-likeness (QED) is 0.385. The highest BCUT2D eigenvalue weighted by Crippen LogP contribution is 2.39. The first-order chi connectivity index (χ1) is 16.9. The third kappa shape index (κ3) is 4.08. The van der Waals surface area contributed by atoms with Crippen molar-refractivity contribution in [3.63, 3.8) is 0 Å². The predicted octanol–water partition coefficient (Wildman–Crippen LogP) is 3.56. The lowest BCUT2D eigenvalue weighted by Crippen LogP contribution is -2.28.